The van der Waals surface area contributed by atoms with Crippen LogP contribution in [0.4, 0.5) is 10.2 Å². The van der Waals surface area contributed by atoms with Crippen LogP contribution < -0.4 is 5.73 Å². The van der Waals surface area contributed by atoms with E-state index in [0.717, 1.165) is 16.9 Å². The molecule has 0 bridgehead atoms. The van der Waals surface area contributed by atoms with Gasteiger partial charge in [-0.05, 0) is 31.5 Å². The molecule has 0 aliphatic rings. The number of hydrogen-bond acceptors (Lipinski definition) is 2. The van der Waals surface area contributed by atoms with Gasteiger partial charge >= 0.3 is 0 Å². The lowest BCUT2D eigenvalue weighted by molar-refractivity contribution is 0.624. The Hall–Kier alpha value is -1.84. The second-order valence-electron chi connectivity index (χ2n) is 3.55. The lowest BCUT2D eigenvalue weighted by atomic mass is 10.2. The van der Waals surface area contributed by atoms with Gasteiger partial charge in [-0.15, -0.1) is 0 Å². The average Bonchev–Trinajstić information content (AvgIpc) is 2.50. The number of benzene rings is 1. The van der Waals surface area contributed by atoms with Crippen LogP contribution in [-0.4, -0.2) is 9.78 Å². The van der Waals surface area contributed by atoms with E-state index in [4.69, 9.17) is 5.73 Å². The van der Waals surface area contributed by atoms with E-state index in [1.165, 1.54) is 12.1 Å². The molecule has 2 N–H and O–H groups in total. The zero-order valence-electron chi connectivity index (χ0n) is 8.66. The van der Waals surface area contributed by atoms with Gasteiger partial charge in [0.25, 0.3) is 0 Å². The van der Waals surface area contributed by atoms with E-state index in [9.17, 15) is 4.39 Å². The summed E-state index contributed by atoms with van der Waals surface area (Å²) in [6, 6.07) is 6.36. The molecule has 1 aromatic heterocycles. The van der Waals surface area contributed by atoms with Crippen molar-refractivity contribution in [2.24, 2.45) is 0 Å². The first-order valence-electron chi connectivity index (χ1n) is 4.66. The van der Waals surface area contributed by atoms with Crippen molar-refractivity contribution >= 4 is 5.82 Å². The summed E-state index contributed by atoms with van der Waals surface area (Å²) in [4.78, 5) is 0. The van der Waals surface area contributed by atoms with Gasteiger partial charge in [-0.25, -0.2) is 9.07 Å². The Bertz CT molecular complexity index is 503. The number of aromatic nitrogens is 2. The molecule has 0 aliphatic carbocycles. The number of nitrogens with two attached hydrogens (primary N) is 1. The number of anilines is 1. The summed E-state index contributed by atoms with van der Waals surface area (Å²) in [5.74, 6) is 0.167. The molecule has 0 aliphatic heterocycles. The molecule has 0 saturated carbocycles. The zero-order chi connectivity index (χ0) is 11.0. The van der Waals surface area contributed by atoms with Crippen molar-refractivity contribution in [3.63, 3.8) is 0 Å². The van der Waals surface area contributed by atoms with E-state index < -0.39 is 0 Å². The van der Waals surface area contributed by atoms with Crippen LogP contribution in [0, 0.1) is 19.7 Å². The molecule has 2 rings (SSSR count). The van der Waals surface area contributed by atoms with Crippen molar-refractivity contribution in [3.05, 3.63) is 41.3 Å². The number of nitrogen functional groups attached to an aromatic ring is 1. The topological polar surface area (TPSA) is 43.8 Å². The molecule has 0 fully saturated rings. The third-order valence-corrected chi connectivity index (χ3v) is 2.31. The van der Waals surface area contributed by atoms with E-state index in [-0.39, 0.29) is 5.82 Å². The minimum absolute atomic E-state index is 0.274. The number of nitrogens with zero attached hydrogens (tertiary/aromatic N) is 2. The summed E-state index contributed by atoms with van der Waals surface area (Å²) in [6.07, 6.45) is 0. The lowest BCUT2D eigenvalue weighted by Crippen LogP contribution is -2.02. The second-order valence-corrected chi connectivity index (χ2v) is 3.55. The largest absolute Gasteiger partial charge is 0.382 e. The Kier molecular flexibility index (Phi) is 2.19. The number of rotatable bonds is 1. The van der Waals surface area contributed by atoms with Gasteiger partial charge < -0.3 is 5.73 Å². The van der Waals surface area contributed by atoms with E-state index in [0.29, 0.717) is 5.82 Å². The molecule has 1 aromatic carbocycles. The van der Waals surface area contributed by atoms with E-state index >= 15 is 0 Å². The normalized spacial score (nSPS) is 10.6. The van der Waals surface area contributed by atoms with E-state index in [1.54, 1.807) is 16.8 Å². The fourth-order valence-electron chi connectivity index (χ4n) is 1.55. The van der Waals surface area contributed by atoms with Gasteiger partial charge in [-0.3, -0.25) is 0 Å². The van der Waals surface area contributed by atoms with Gasteiger partial charge in [-0.1, -0.05) is 6.07 Å². The molecule has 0 spiro atoms. The first kappa shape index (κ1) is 9.71. The van der Waals surface area contributed by atoms with Crippen LogP contribution in [-0.2, 0) is 0 Å². The molecule has 0 saturated heterocycles. The Morgan fingerprint density at radius 3 is 2.60 bits per heavy atom. The summed E-state index contributed by atoms with van der Waals surface area (Å²) in [5.41, 5.74) is 8.16. The van der Waals surface area contributed by atoms with Crippen molar-refractivity contribution in [2.75, 3.05) is 5.73 Å². The summed E-state index contributed by atoms with van der Waals surface area (Å²) in [5, 5.41) is 4.11. The Balaban J connectivity index is 2.62. The SMILES string of the molecule is Cc1ccc(F)cc1-n1nc(N)cc1C. The number of aryl methyl sites for hydroxylation is 2. The molecule has 78 valence electrons. The Morgan fingerprint density at radius 2 is 2.00 bits per heavy atom. The van der Waals surface area contributed by atoms with Gasteiger partial charge in [0.05, 0.1) is 5.69 Å². The lowest BCUT2D eigenvalue weighted by Gasteiger charge is -2.07. The molecule has 0 amide bonds. The van der Waals surface area contributed by atoms with E-state index in [1.807, 2.05) is 13.8 Å². The maximum atomic E-state index is 13.1. The van der Waals surface area contributed by atoms with Gasteiger partial charge in [0.1, 0.15) is 11.6 Å². The minimum atomic E-state index is -0.274. The maximum Gasteiger partial charge on any atom is 0.146 e. The van der Waals surface area contributed by atoms with Crippen LogP contribution in [0.15, 0.2) is 24.3 Å². The Labute approximate surface area is 87.3 Å². The highest BCUT2D eigenvalue weighted by atomic mass is 19.1. The molecule has 0 radical (unpaired) electrons. The van der Waals surface area contributed by atoms with Gasteiger partial charge in [0.2, 0.25) is 0 Å². The summed E-state index contributed by atoms with van der Waals surface area (Å²) >= 11 is 0. The average molecular weight is 205 g/mol. The van der Waals surface area contributed by atoms with E-state index in [2.05, 4.69) is 5.10 Å². The molecular weight excluding hydrogens is 193 g/mol. The number of halogens is 1. The van der Waals surface area contributed by atoms with Gasteiger partial charge in [0.15, 0.2) is 0 Å². The Morgan fingerprint density at radius 1 is 1.27 bits per heavy atom. The third kappa shape index (κ3) is 1.70. The summed E-state index contributed by atoms with van der Waals surface area (Å²) in [6.45, 7) is 3.79. The standard InChI is InChI=1S/C11H12FN3/c1-7-3-4-9(12)6-10(7)15-8(2)5-11(13)14-15/h3-6H,1-2H3,(H2,13,14). The quantitative estimate of drug-likeness (QED) is 0.775. The number of hydrogen-bond donors (Lipinski definition) is 1. The molecule has 15 heavy (non-hydrogen) atoms. The summed E-state index contributed by atoms with van der Waals surface area (Å²) < 4.78 is 14.7. The molecule has 0 atom stereocenters. The van der Waals surface area contributed by atoms with Crippen molar-refractivity contribution < 1.29 is 4.39 Å². The summed E-state index contributed by atoms with van der Waals surface area (Å²) in [7, 11) is 0. The van der Waals surface area contributed by atoms with Crippen molar-refractivity contribution in [2.45, 2.75) is 13.8 Å². The first-order chi connectivity index (χ1) is 7.08. The van der Waals surface area contributed by atoms with Crippen molar-refractivity contribution in [1.29, 1.82) is 0 Å². The predicted octanol–water partition coefficient (Wildman–Crippen LogP) is 2.21. The molecular formula is C11H12FN3. The molecule has 4 heteroatoms. The van der Waals surface area contributed by atoms with Crippen LogP contribution in [0.5, 0.6) is 0 Å². The highest BCUT2D eigenvalue weighted by Gasteiger charge is 2.07. The molecule has 1 heterocycles. The fraction of sp³-hybridized carbons (Fsp3) is 0.182. The highest BCUT2D eigenvalue weighted by molar-refractivity contribution is 5.43. The van der Waals surface area contributed by atoms with Crippen LogP contribution in [0.3, 0.4) is 0 Å². The highest BCUT2D eigenvalue weighted by Crippen LogP contribution is 2.18. The van der Waals surface area contributed by atoms with Gasteiger partial charge in [0, 0.05) is 11.8 Å². The fourth-order valence-corrected chi connectivity index (χ4v) is 1.55. The third-order valence-electron chi connectivity index (χ3n) is 2.31. The second kappa shape index (κ2) is 3.38. The van der Waals surface area contributed by atoms with Crippen LogP contribution in [0.1, 0.15) is 11.3 Å². The predicted molar refractivity (Wildman–Crippen MR) is 57.4 cm³/mol. The van der Waals surface area contributed by atoms with Crippen LogP contribution in [0.25, 0.3) is 5.69 Å². The maximum absolute atomic E-state index is 13.1. The van der Waals surface area contributed by atoms with Crippen molar-refractivity contribution in [3.8, 4) is 5.69 Å². The van der Waals surface area contributed by atoms with Crippen LogP contribution >= 0.6 is 0 Å². The molecule has 0 unspecified atom stereocenters. The van der Waals surface area contributed by atoms with Crippen molar-refractivity contribution in [1.82, 2.24) is 9.78 Å². The first-order valence-corrected chi connectivity index (χ1v) is 4.66. The minimum Gasteiger partial charge on any atom is -0.382 e. The smallest absolute Gasteiger partial charge is 0.146 e. The van der Waals surface area contributed by atoms with Gasteiger partial charge in [-0.2, -0.15) is 5.10 Å². The zero-order valence-corrected chi connectivity index (χ0v) is 8.66. The molecule has 2 aromatic rings. The van der Waals surface area contributed by atoms with Crippen LogP contribution in [0.2, 0.25) is 0 Å². The molecule has 3 nitrogen and oxygen atoms in total. The monoisotopic (exact) mass is 205 g/mol.